The van der Waals surface area contributed by atoms with Crippen molar-refractivity contribution in [3.63, 3.8) is 0 Å². The number of amides is 2. The zero-order valence-electron chi connectivity index (χ0n) is 21.6. The Morgan fingerprint density at radius 1 is 0.944 bits per heavy atom. The number of fused-ring (bicyclic) bond motifs is 1. The maximum Gasteiger partial charge on any atom is 0.253 e. The van der Waals surface area contributed by atoms with Gasteiger partial charge in [0.25, 0.3) is 5.91 Å². The standard InChI is InChI=1S/C30H39N3O3/c1-31(2)29(35)25-11-7-10-24(18-25)21-12-14-22(15-13-21)28-26-19-32(30(36)23-8-3-4-9-23)16-5-6-17-33(26)27(28)20-34/h7,10-15,18,23,26-28,34H,3-6,8-9,16-17,19-20H2,1-2H3/t26-,27+,28-/m1/s1. The first-order chi connectivity index (χ1) is 17.5. The van der Waals surface area contributed by atoms with Crippen molar-refractivity contribution < 1.29 is 14.7 Å². The van der Waals surface area contributed by atoms with E-state index in [0.29, 0.717) is 11.5 Å². The zero-order chi connectivity index (χ0) is 25.2. The van der Waals surface area contributed by atoms with Gasteiger partial charge in [-0.15, -0.1) is 0 Å². The Hall–Kier alpha value is -2.70. The molecule has 192 valence electrons. The maximum absolute atomic E-state index is 13.3. The molecule has 2 saturated heterocycles. The van der Waals surface area contributed by atoms with Crippen molar-refractivity contribution in [3.05, 3.63) is 59.7 Å². The average molecular weight is 490 g/mol. The summed E-state index contributed by atoms with van der Waals surface area (Å²) in [5.41, 5.74) is 3.98. The molecule has 5 rings (SSSR count). The van der Waals surface area contributed by atoms with E-state index in [9.17, 15) is 14.7 Å². The van der Waals surface area contributed by atoms with Crippen LogP contribution < -0.4 is 0 Å². The third kappa shape index (κ3) is 4.81. The van der Waals surface area contributed by atoms with Gasteiger partial charge in [0.05, 0.1) is 6.61 Å². The molecule has 1 saturated carbocycles. The van der Waals surface area contributed by atoms with E-state index in [1.54, 1.807) is 19.0 Å². The van der Waals surface area contributed by atoms with Crippen molar-refractivity contribution in [2.45, 2.75) is 56.5 Å². The first kappa shape index (κ1) is 25.0. The fourth-order valence-electron chi connectivity index (χ4n) is 6.56. The zero-order valence-corrected chi connectivity index (χ0v) is 21.6. The van der Waals surface area contributed by atoms with E-state index < -0.39 is 0 Å². The summed E-state index contributed by atoms with van der Waals surface area (Å²) in [6.45, 7) is 2.74. The highest BCUT2D eigenvalue weighted by Gasteiger charge is 2.49. The van der Waals surface area contributed by atoms with Crippen molar-refractivity contribution in [2.24, 2.45) is 5.92 Å². The van der Waals surface area contributed by atoms with Gasteiger partial charge < -0.3 is 14.9 Å². The number of aliphatic hydroxyl groups is 1. The molecular weight excluding hydrogens is 450 g/mol. The van der Waals surface area contributed by atoms with E-state index >= 15 is 0 Å². The van der Waals surface area contributed by atoms with E-state index in [1.165, 1.54) is 18.4 Å². The Balaban J connectivity index is 1.36. The molecule has 2 heterocycles. The van der Waals surface area contributed by atoms with E-state index in [0.717, 1.165) is 56.4 Å². The molecule has 1 N–H and O–H groups in total. The van der Waals surface area contributed by atoms with Crippen molar-refractivity contribution >= 4 is 11.8 Å². The van der Waals surface area contributed by atoms with Gasteiger partial charge in [0.1, 0.15) is 0 Å². The summed E-state index contributed by atoms with van der Waals surface area (Å²) in [4.78, 5) is 31.8. The molecule has 36 heavy (non-hydrogen) atoms. The summed E-state index contributed by atoms with van der Waals surface area (Å²) in [5, 5.41) is 10.3. The second-order valence-electron chi connectivity index (χ2n) is 11.0. The van der Waals surface area contributed by atoms with Gasteiger partial charge in [-0.2, -0.15) is 0 Å². The summed E-state index contributed by atoms with van der Waals surface area (Å²) < 4.78 is 0. The van der Waals surface area contributed by atoms with Crippen LogP contribution in [0, 0.1) is 5.92 Å². The number of benzene rings is 2. The molecule has 0 spiro atoms. The van der Waals surface area contributed by atoms with Gasteiger partial charge >= 0.3 is 0 Å². The lowest BCUT2D eigenvalue weighted by Crippen LogP contribution is -2.68. The molecule has 2 aliphatic heterocycles. The van der Waals surface area contributed by atoms with Crippen LogP contribution in [-0.4, -0.2) is 84.0 Å². The third-order valence-electron chi connectivity index (χ3n) is 8.53. The highest BCUT2D eigenvalue weighted by molar-refractivity contribution is 5.95. The van der Waals surface area contributed by atoms with Crippen LogP contribution in [0.4, 0.5) is 0 Å². The van der Waals surface area contributed by atoms with Crippen LogP contribution in [0.25, 0.3) is 11.1 Å². The summed E-state index contributed by atoms with van der Waals surface area (Å²) in [5.74, 6) is 0.764. The van der Waals surface area contributed by atoms with Crippen LogP contribution in [-0.2, 0) is 4.79 Å². The molecule has 2 amide bonds. The SMILES string of the molecule is CN(C)C(=O)c1cccc(-c2ccc([C@@H]3[C@H]4CN(C(=O)C5CCCC5)CCCCN4[C@H]3CO)cc2)c1. The molecular formula is C30H39N3O3. The Morgan fingerprint density at radius 3 is 2.36 bits per heavy atom. The minimum Gasteiger partial charge on any atom is -0.395 e. The van der Waals surface area contributed by atoms with Gasteiger partial charge in [0.2, 0.25) is 5.91 Å². The molecule has 1 aliphatic carbocycles. The van der Waals surface area contributed by atoms with Crippen LogP contribution in [0.2, 0.25) is 0 Å². The van der Waals surface area contributed by atoms with Crippen LogP contribution >= 0.6 is 0 Å². The molecule has 0 bridgehead atoms. The first-order valence-electron chi connectivity index (χ1n) is 13.6. The van der Waals surface area contributed by atoms with Crippen molar-refractivity contribution in [1.82, 2.24) is 14.7 Å². The van der Waals surface area contributed by atoms with Crippen molar-refractivity contribution in [3.8, 4) is 11.1 Å². The normalized spacial score (nSPS) is 25.0. The Bertz CT molecular complexity index is 1080. The second kappa shape index (κ2) is 10.7. The minimum absolute atomic E-state index is 0.00481. The Kier molecular flexibility index (Phi) is 7.44. The average Bonchev–Trinajstić information content (AvgIpc) is 3.42. The monoisotopic (exact) mass is 489 g/mol. The lowest BCUT2D eigenvalue weighted by Gasteiger charge is -2.57. The van der Waals surface area contributed by atoms with Crippen LogP contribution in [0.3, 0.4) is 0 Å². The van der Waals surface area contributed by atoms with Gasteiger partial charge in [-0.3, -0.25) is 14.5 Å². The maximum atomic E-state index is 13.3. The lowest BCUT2D eigenvalue weighted by atomic mass is 9.74. The molecule has 0 aromatic heterocycles. The number of rotatable bonds is 5. The number of nitrogens with zero attached hydrogens (tertiary/aromatic N) is 3. The molecule has 2 aromatic carbocycles. The fourth-order valence-corrected chi connectivity index (χ4v) is 6.56. The largest absolute Gasteiger partial charge is 0.395 e. The number of hydrogen-bond acceptors (Lipinski definition) is 4. The molecule has 0 unspecified atom stereocenters. The van der Waals surface area contributed by atoms with Gasteiger partial charge in [-0.05, 0) is 61.1 Å². The number of carbonyl (C=O) groups excluding carboxylic acids is 2. The highest BCUT2D eigenvalue weighted by Crippen LogP contribution is 2.42. The topological polar surface area (TPSA) is 64.1 Å². The number of carbonyl (C=O) groups is 2. The smallest absolute Gasteiger partial charge is 0.253 e. The molecule has 6 nitrogen and oxygen atoms in total. The van der Waals surface area contributed by atoms with Gasteiger partial charge in [-0.1, -0.05) is 49.2 Å². The van der Waals surface area contributed by atoms with E-state index in [2.05, 4.69) is 34.1 Å². The van der Waals surface area contributed by atoms with E-state index in [-0.39, 0.29) is 36.4 Å². The summed E-state index contributed by atoms with van der Waals surface area (Å²) >= 11 is 0. The second-order valence-corrected chi connectivity index (χ2v) is 11.0. The number of aliphatic hydroxyl groups excluding tert-OH is 1. The Labute approximate surface area is 214 Å². The van der Waals surface area contributed by atoms with Gasteiger partial charge in [0, 0.05) is 56.7 Å². The van der Waals surface area contributed by atoms with Crippen LogP contribution in [0.5, 0.6) is 0 Å². The molecule has 3 aliphatic rings. The first-order valence-corrected chi connectivity index (χ1v) is 13.6. The van der Waals surface area contributed by atoms with E-state index in [4.69, 9.17) is 0 Å². The van der Waals surface area contributed by atoms with Crippen LogP contribution in [0.15, 0.2) is 48.5 Å². The fraction of sp³-hybridized carbons (Fsp3) is 0.533. The summed E-state index contributed by atoms with van der Waals surface area (Å²) in [7, 11) is 3.53. The predicted molar refractivity (Wildman–Crippen MR) is 142 cm³/mol. The van der Waals surface area contributed by atoms with Gasteiger partial charge in [0.15, 0.2) is 0 Å². The molecule has 3 atom stereocenters. The van der Waals surface area contributed by atoms with Crippen molar-refractivity contribution in [1.29, 1.82) is 0 Å². The quantitative estimate of drug-likeness (QED) is 0.690. The minimum atomic E-state index is -0.00481. The van der Waals surface area contributed by atoms with Crippen LogP contribution in [0.1, 0.15) is 60.4 Å². The lowest BCUT2D eigenvalue weighted by molar-refractivity contribution is -0.140. The molecule has 2 aromatic rings. The van der Waals surface area contributed by atoms with Gasteiger partial charge in [-0.25, -0.2) is 0 Å². The van der Waals surface area contributed by atoms with E-state index in [1.807, 2.05) is 24.3 Å². The Morgan fingerprint density at radius 2 is 1.67 bits per heavy atom. The molecule has 0 radical (unpaired) electrons. The number of hydrogen-bond donors (Lipinski definition) is 1. The molecule has 6 heteroatoms. The summed E-state index contributed by atoms with van der Waals surface area (Å²) in [6.07, 6.45) is 6.52. The summed E-state index contributed by atoms with van der Waals surface area (Å²) in [6, 6.07) is 16.7. The highest BCUT2D eigenvalue weighted by atomic mass is 16.3. The van der Waals surface area contributed by atoms with Crippen molar-refractivity contribution in [2.75, 3.05) is 40.3 Å². The molecule has 3 fully saturated rings. The predicted octanol–water partition coefficient (Wildman–Crippen LogP) is 4.00. The third-order valence-corrected chi connectivity index (χ3v) is 8.53.